The van der Waals surface area contributed by atoms with E-state index in [2.05, 4.69) is 254 Å². The van der Waals surface area contributed by atoms with E-state index in [1.807, 2.05) is 11.3 Å². The zero-order valence-corrected chi connectivity index (χ0v) is 38.3. The molecular formula is C66H41NOS. The number of anilines is 3. The third-order valence-corrected chi connectivity index (χ3v) is 15.3. The highest BCUT2D eigenvalue weighted by Gasteiger charge is 2.27. The summed E-state index contributed by atoms with van der Waals surface area (Å²) < 4.78 is 9.80. The molecule has 1 aliphatic rings. The van der Waals surface area contributed by atoms with Crippen LogP contribution in [0, 0.1) is 0 Å². The minimum atomic E-state index is 0.811. The summed E-state index contributed by atoms with van der Waals surface area (Å²) in [6.45, 7) is 0. The third kappa shape index (κ3) is 6.32. The van der Waals surface area contributed by atoms with Crippen LogP contribution in [0.15, 0.2) is 249 Å². The predicted octanol–water partition coefficient (Wildman–Crippen LogP) is 19.5. The smallest absolute Gasteiger partial charge is 0.159 e. The van der Waals surface area contributed by atoms with Gasteiger partial charge in [-0.3, -0.25) is 0 Å². The molecule has 0 saturated carbocycles. The third-order valence-electron chi connectivity index (χ3n) is 14.1. The Hall–Kier alpha value is -8.76. The number of benzene rings is 11. The first-order chi connectivity index (χ1) is 34.2. The summed E-state index contributed by atoms with van der Waals surface area (Å²) in [4.78, 5) is 2.39. The second-order valence-electron chi connectivity index (χ2n) is 17.9. The Bertz CT molecular complexity index is 4280. The number of thiophene rings is 1. The second-order valence-corrected chi connectivity index (χ2v) is 18.9. The van der Waals surface area contributed by atoms with Crippen molar-refractivity contribution < 1.29 is 4.74 Å². The molecular weight excluding hydrogens is 855 g/mol. The van der Waals surface area contributed by atoms with Gasteiger partial charge in [0.15, 0.2) is 5.75 Å². The molecule has 69 heavy (non-hydrogen) atoms. The molecule has 0 N–H and O–H groups in total. The lowest BCUT2D eigenvalue weighted by molar-refractivity contribution is 0.489. The molecule has 0 atom stereocenters. The van der Waals surface area contributed by atoms with Gasteiger partial charge in [-0.05, 0) is 113 Å². The van der Waals surface area contributed by atoms with Gasteiger partial charge in [-0.2, -0.15) is 0 Å². The molecule has 0 unspecified atom stereocenters. The van der Waals surface area contributed by atoms with E-state index >= 15 is 0 Å². The molecule has 1 aromatic heterocycles. The van der Waals surface area contributed by atoms with Crippen LogP contribution in [0.4, 0.5) is 17.1 Å². The topological polar surface area (TPSA) is 12.5 Å². The first kappa shape index (κ1) is 39.4. The van der Waals surface area contributed by atoms with E-state index in [1.54, 1.807) is 0 Å². The van der Waals surface area contributed by atoms with E-state index in [9.17, 15) is 0 Å². The first-order valence-electron chi connectivity index (χ1n) is 23.6. The van der Waals surface area contributed by atoms with Crippen molar-refractivity contribution in [3.8, 4) is 44.9 Å². The van der Waals surface area contributed by atoms with Crippen LogP contribution >= 0.6 is 11.3 Å². The Morgan fingerprint density at radius 3 is 1.51 bits per heavy atom. The molecule has 13 aromatic rings. The van der Waals surface area contributed by atoms with Crippen LogP contribution in [-0.4, -0.2) is 0 Å². The molecule has 322 valence electrons. The standard InChI is InChI=1S/C66H41NOS/c1-2-17-42(18-3-1)43-33-35-44(36-34-43)67(61-30-16-29-58-51-24-8-7-22-49(51)54-26-12-14-31-62(54)68-65(58)61)45-37-38-53-57-39-40-59-55-27-13-15-32-63(55)69-66(59)64(57)56-28-11-10-23-50(56)47-20-5-4-19-46(47)48-21-6-9-25-52(48)60(53)41-45/h1-41H. The fourth-order valence-electron chi connectivity index (χ4n) is 11.0. The van der Waals surface area contributed by atoms with Gasteiger partial charge in [0.2, 0.25) is 0 Å². The van der Waals surface area contributed by atoms with Crippen molar-refractivity contribution in [2.24, 2.45) is 0 Å². The Balaban J connectivity index is 1.13. The van der Waals surface area contributed by atoms with Crippen molar-refractivity contribution in [2.75, 3.05) is 4.90 Å². The molecule has 0 radical (unpaired) electrons. The molecule has 1 aliphatic heterocycles. The zero-order chi connectivity index (χ0) is 45.4. The van der Waals surface area contributed by atoms with E-state index in [0.29, 0.717) is 0 Å². The number of hydrogen-bond acceptors (Lipinski definition) is 3. The van der Waals surface area contributed by atoms with Gasteiger partial charge in [0.1, 0.15) is 5.75 Å². The maximum absolute atomic E-state index is 7.21. The van der Waals surface area contributed by atoms with Crippen LogP contribution in [0.3, 0.4) is 0 Å². The van der Waals surface area contributed by atoms with Crippen LogP contribution < -0.4 is 9.64 Å². The van der Waals surface area contributed by atoms with E-state index in [0.717, 1.165) is 61.8 Å². The summed E-state index contributed by atoms with van der Waals surface area (Å²) >= 11 is 1.89. The number of ether oxygens (including phenoxy) is 1. The highest BCUT2D eigenvalue weighted by atomic mass is 32.1. The molecule has 14 rings (SSSR count). The number of para-hydroxylation sites is 2. The van der Waals surface area contributed by atoms with Gasteiger partial charge in [0.25, 0.3) is 0 Å². The summed E-state index contributed by atoms with van der Waals surface area (Å²) in [6.07, 6.45) is 0. The highest BCUT2D eigenvalue weighted by molar-refractivity contribution is 7.26. The average Bonchev–Trinajstić information content (AvgIpc) is 3.73. The quantitative estimate of drug-likeness (QED) is 0.175. The molecule has 3 heteroatoms. The van der Waals surface area contributed by atoms with Crippen molar-refractivity contribution in [3.63, 3.8) is 0 Å². The lowest BCUT2D eigenvalue weighted by atomic mass is 9.93. The van der Waals surface area contributed by atoms with Gasteiger partial charge in [0, 0.05) is 48.1 Å². The van der Waals surface area contributed by atoms with Gasteiger partial charge >= 0.3 is 0 Å². The van der Waals surface area contributed by atoms with Gasteiger partial charge < -0.3 is 9.64 Å². The van der Waals surface area contributed by atoms with Gasteiger partial charge in [-0.1, -0.05) is 206 Å². The van der Waals surface area contributed by atoms with E-state index in [-0.39, 0.29) is 0 Å². The molecule has 0 amide bonds. The Kier molecular flexibility index (Phi) is 9.11. The summed E-state index contributed by atoms with van der Waals surface area (Å²) in [6, 6.07) is 90.9. The molecule has 2 nitrogen and oxygen atoms in total. The fourth-order valence-corrected chi connectivity index (χ4v) is 12.2. The minimum Gasteiger partial charge on any atom is -0.454 e. The SMILES string of the molecule is c1ccc(-c2ccc(N(c3ccc4c(c3)c3ccccc3c3ccccc3c3ccccc3c3c4ccc4c5ccccc5sc43)c3cccc4c3Oc3ccccc3-c3ccccc3-4)cc2)cc1. The Labute approximate surface area is 403 Å². The zero-order valence-electron chi connectivity index (χ0n) is 37.4. The second kappa shape index (κ2) is 16.0. The Morgan fingerprint density at radius 1 is 0.304 bits per heavy atom. The largest absolute Gasteiger partial charge is 0.454 e. The van der Waals surface area contributed by atoms with Crippen molar-refractivity contribution in [2.45, 2.75) is 0 Å². The van der Waals surface area contributed by atoms with Crippen LogP contribution in [0.5, 0.6) is 11.5 Å². The summed E-state index contributed by atoms with van der Waals surface area (Å²) in [7, 11) is 0. The number of nitrogens with zero attached hydrogens (tertiary/aromatic N) is 1. The number of hydrogen-bond donors (Lipinski definition) is 0. The van der Waals surface area contributed by atoms with Crippen LogP contribution in [0.1, 0.15) is 0 Å². The van der Waals surface area contributed by atoms with E-state index in [1.165, 1.54) is 74.2 Å². The van der Waals surface area contributed by atoms with Crippen LogP contribution in [-0.2, 0) is 0 Å². The molecule has 0 aliphatic carbocycles. The predicted molar refractivity (Wildman–Crippen MR) is 296 cm³/mol. The molecule has 0 bridgehead atoms. The first-order valence-corrected chi connectivity index (χ1v) is 24.4. The normalized spacial score (nSPS) is 11.9. The van der Waals surface area contributed by atoms with Crippen molar-refractivity contribution >= 4 is 102 Å². The lowest BCUT2D eigenvalue weighted by Gasteiger charge is -2.29. The van der Waals surface area contributed by atoms with Crippen molar-refractivity contribution in [1.29, 1.82) is 0 Å². The average molecular weight is 896 g/mol. The summed E-state index contributed by atoms with van der Waals surface area (Å²) in [5.74, 6) is 1.64. The monoisotopic (exact) mass is 895 g/mol. The van der Waals surface area contributed by atoms with Crippen molar-refractivity contribution in [1.82, 2.24) is 0 Å². The van der Waals surface area contributed by atoms with E-state index in [4.69, 9.17) is 4.74 Å². The fraction of sp³-hybridized carbons (Fsp3) is 0. The maximum atomic E-state index is 7.21. The highest BCUT2D eigenvalue weighted by Crippen LogP contribution is 2.53. The molecule has 0 saturated heterocycles. The molecule has 12 aromatic carbocycles. The lowest BCUT2D eigenvalue weighted by Crippen LogP contribution is -2.11. The van der Waals surface area contributed by atoms with Crippen LogP contribution in [0.2, 0.25) is 0 Å². The van der Waals surface area contributed by atoms with Gasteiger partial charge in [-0.15, -0.1) is 11.3 Å². The van der Waals surface area contributed by atoms with Crippen molar-refractivity contribution in [3.05, 3.63) is 249 Å². The maximum Gasteiger partial charge on any atom is 0.159 e. The summed E-state index contributed by atoms with van der Waals surface area (Å²) in [5.41, 5.74) is 9.75. The Morgan fingerprint density at radius 2 is 0.783 bits per heavy atom. The minimum absolute atomic E-state index is 0.811. The van der Waals surface area contributed by atoms with E-state index < -0.39 is 0 Å². The molecule has 0 fully saturated rings. The van der Waals surface area contributed by atoms with Crippen LogP contribution in [0.25, 0.3) is 107 Å². The molecule has 0 spiro atoms. The number of fused-ring (bicyclic) bond motifs is 19. The summed E-state index contributed by atoms with van der Waals surface area (Å²) in [5, 5.41) is 14.6. The molecule has 2 heterocycles. The number of rotatable bonds is 4. The van der Waals surface area contributed by atoms with Gasteiger partial charge in [-0.25, -0.2) is 0 Å². The van der Waals surface area contributed by atoms with Gasteiger partial charge in [0.05, 0.1) is 5.69 Å².